The van der Waals surface area contributed by atoms with Crippen LogP contribution in [-0.4, -0.2) is 71.5 Å². The molecule has 2 heterocycles. The Morgan fingerprint density at radius 3 is 2.52 bits per heavy atom. The molecule has 7 heteroatoms. The lowest BCUT2D eigenvalue weighted by molar-refractivity contribution is -0.132. The highest BCUT2D eigenvalue weighted by Gasteiger charge is 2.21. The standard InChI is InChI=1S/C22H32ClN5O/c1-4-10-28(11-9-21(29)27-14-12-26(6-3)13-15-27)22-18-8-7-17(23)16-19(18)24-20(5-2)25-22/h7-8,16H,4-6,9-15H2,1-3H3. The fourth-order valence-corrected chi connectivity index (χ4v) is 3.99. The zero-order chi connectivity index (χ0) is 20.8. The molecular weight excluding hydrogens is 386 g/mol. The van der Waals surface area contributed by atoms with Gasteiger partial charge < -0.3 is 14.7 Å². The monoisotopic (exact) mass is 417 g/mol. The molecule has 0 bridgehead atoms. The van der Waals surface area contributed by atoms with Crippen molar-refractivity contribution < 1.29 is 4.79 Å². The maximum absolute atomic E-state index is 12.8. The van der Waals surface area contributed by atoms with E-state index in [2.05, 4.69) is 35.6 Å². The summed E-state index contributed by atoms with van der Waals surface area (Å²) in [6.07, 6.45) is 2.26. The predicted molar refractivity (Wildman–Crippen MR) is 120 cm³/mol. The highest BCUT2D eigenvalue weighted by atomic mass is 35.5. The van der Waals surface area contributed by atoms with Gasteiger partial charge in [-0.3, -0.25) is 4.79 Å². The van der Waals surface area contributed by atoms with Crippen LogP contribution >= 0.6 is 11.6 Å². The number of aromatic nitrogens is 2. The molecule has 2 aromatic rings. The molecule has 0 N–H and O–H groups in total. The number of amides is 1. The first kappa shape index (κ1) is 21.8. The molecule has 0 atom stereocenters. The number of rotatable bonds is 8. The zero-order valence-electron chi connectivity index (χ0n) is 17.8. The fraction of sp³-hybridized carbons (Fsp3) is 0.591. The first-order chi connectivity index (χ1) is 14.0. The van der Waals surface area contributed by atoms with Gasteiger partial charge in [-0.05, 0) is 31.2 Å². The van der Waals surface area contributed by atoms with Crippen LogP contribution in [0.1, 0.15) is 39.4 Å². The normalized spacial score (nSPS) is 15.1. The SMILES string of the molecule is CCCN(CCC(=O)N1CCN(CC)CC1)c1nc(CC)nc2cc(Cl)ccc12. The van der Waals surface area contributed by atoms with Crippen LogP contribution in [0.4, 0.5) is 5.82 Å². The van der Waals surface area contributed by atoms with Crippen LogP contribution in [0.2, 0.25) is 5.02 Å². The predicted octanol–water partition coefficient (Wildman–Crippen LogP) is 3.62. The second-order valence-corrected chi connectivity index (χ2v) is 7.97. The summed E-state index contributed by atoms with van der Waals surface area (Å²) in [6, 6.07) is 5.76. The number of nitrogens with zero attached hydrogens (tertiary/aromatic N) is 5. The number of hydrogen-bond acceptors (Lipinski definition) is 5. The van der Waals surface area contributed by atoms with E-state index in [1.165, 1.54) is 0 Å². The van der Waals surface area contributed by atoms with Crippen molar-refractivity contribution in [2.24, 2.45) is 0 Å². The van der Waals surface area contributed by atoms with Gasteiger partial charge in [0.05, 0.1) is 5.52 Å². The van der Waals surface area contributed by atoms with E-state index in [9.17, 15) is 4.79 Å². The minimum atomic E-state index is 0.235. The molecule has 1 fully saturated rings. The number of hydrogen-bond donors (Lipinski definition) is 0. The number of benzene rings is 1. The Balaban J connectivity index is 1.77. The molecule has 29 heavy (non-hydrogen) atoms. The Labute approximate surface area is 178 Å². The Kier molecular flexibility index (Phi) is 7.67. The van der Waals surface area contributed by atoms with E-state index in [1.54, 1.807) is 0 Å². The third-order valence-electron chi connectivity index (χ3n) is 5.56. The zero-order valence-corrected chi connectivity index (χ0v) is 18.6. The number of halogens is 1. The largest absolute Gasteiger partial charge is 0.355 e. The van der Waals surface area contributed by atoms with Gasteiger partial charge in [-0.2, -0.15) is 0 Å². The maximum Gasteiger partial charge on any atom is 0.224 e. The summed E-state index contributed by atoms with van der Waals surface area (Å²) in [5, 5.41) is 1.66. The summed E-state index contributed by atoms with van der Waals surface area (Å²) in [7, 11) is 0. The first-order valence-corrected chi connectivity index (χ1v) is 11.1. The smallest absolute Gasteiger partial charge is 0.224 e. The summed E-state index contributed by atoms with van der Waals surface area (Å²) < 4.78 is 0. The lowest BCUT2D eigenvalue weighted by atomic mass is 10.2. The van der Waals surface area contributed by atoms with Crippen molar-refractivity contribution in [3.63, 3.8) is 0 Å². The highest BCUT2D eigenvalue weighted by Crippen LogP contribution is 2.27. The van der Waals surface area contributed by atoms with E-state index in [0.717, 1.165) is 74.7 Å². The molecule has 6 nitrogen and oxygen atoms in total. The highest BCUT2D eigenvalue weighted by molar-refractivity contribution is 6.31. The van der Waals surface area contributed by atoms with Gasteiger partial charge in [0.15, 0.2) is 0 Å². The summed E-state index contributed by atoms with van der Waals surface area (Å²) in [5.41, 5.74) is 0.863. The van der Waals surface area contributed by atoms with Crippen LogP contribution in [0.3, 0.4) is 0 Å². The lowest BCUT2D eigenvalue weighted by Gasteiger charge is -2.34. The second-order valence-electron chi connectivity index (χ2n) is 7.53. The minimum Gasteiger partial charge on any atom is -0.355 e. The summed E-state index contributed by atoms with van der Waals surface area (Å²) in [5.74, 6) is 1.95. The molecule has 0 aliphatic carbocycles. The molecule has 1 aromatic heterocycles. The van der Waals surface area contributed by atoms with Gasteiger partial charge in [-0.1, -0.05) is 32.4 Å². The van der Waals surface area contributed by atoms with Crippen LogP contribution < -0.4 is 4.90 Å². The molecule has 1 aromatic carbocycles. The first-order valence-electron chi connectivity index (χ1n) is 10.8. The third-order valence-corrected chi connectivity index (χ3v) is 5.80. The van der Waals surface area contributed by atoms with Gasteiger partial charge in [-0.15, -0.1) is 0 Å². The van der Waals surface area contributed by atoms with Crippen LogP contribution in [-0.2, 0) is 11.2 Å². The Bertz CT molecular complexity index is 835. The van der Waals surface area contributed by atoms with E-state index < -0.39 is 0 Å². The number of carbonyl (C=O) groups is 1. The Morgan fingerprint density at radius 1 is 1.10 bits per heavy atom. The van der Waals surface area contributed by atoms with Crippen molar-refractivity contribution in [1.29, 1.82) is 0 Å². The van der Waals surface area contributed by atoms with E-state index in [-0.39, 0.29) is 5.91 Å². The van der Waals surface area contributed by atoms with Crippen LogP contribution in [0.15, 0.2) is 18.2 Å². The molecule has 1 saturated heterocycles. The van der Waals surface area contributed by atoms with Gasteiger partial charge in [0.25, 0.3) is 0 Å². The summed E-state index contributed by atoms with van der Waals surface area (Å²) >= 11 is 6.19. The van der Waals surface area contributed by atoms with Crippen molar-refractivity contribution in [2.45, 2.75) is 40.0 Å². The molecular formula is C22H32ClN5O. The number of anilines is 1. The van der Waals surface area contributed by atoms with Crippen molar-refractivity contribution in [2.75, 3.05) is 50.7 Å². The second kappa shape index (κ2) is 10.2. The summed E-state index contributed by atoms with van der Waals surface area (Å²) in [6.45, 7) is 12.5. The van der Waals surface area contributed by atoms with Gasteiger partial charge >= 0.3 is 0 Å². The van der Waals surface area contributed by atoms with Crippen molar-refractivity contribution >= 4 is 34.2 Å². The number of likely N-dealkylation sites (N-methyl/N-ethyl adjacent to an activating group) is 1. The third kappa shape index (κ3) is 5.37. The van der Waals surface area contributed by atoms with Crippen molar-refractivity contribution in [1.82, 2.24) is 19.8 Å². The average molecular weight is 418 g/mol. The van der Waals surface area contributed by atoms with Gasteiger partial charge in [0.2, 0.25) is 5.91 Å². The Morgan fingerprint density at radius 2 is 1.86 bits per heavy atom. The van der Waals surface area contributed by atoms with Gasteiger partial charge in [-0.25, -0.2) is 9.97 Å². The molecule has 0 saturated carbocycles. The van der Waals surface area contributed by atoms with E-state index in [0.29, 0.717) is 18.0 Å². The van der Waals surface area contributed by atoms with Gasteiger partial charge in [0.1, 0.15) is 11.6 Å². The average Bonchev–Trinajstić information content (AvgIpc) is 2.75. The quantitative estimate of drug-likeness (QED) is 0.656. The number of aryl methyl sites for hydroxylation is 1. The molecule has 0 radical (unpaired) electrons. The van der Waals surface area contributed by atoms with Crippen LogP contribution in [0.25, 0.3) is 10.9 Å². The molecule has 0 unspecified atom stereocenters. The minimum absolute atomic E-state index is 0.235. The van der Waals surface area contributed by atoms with Crippen LogP contribution in [0, 0.1) is 0 Å². The van der Waals surface area contributed by atoms with E-state index >= 15 is 0 Å². The lowest BCUT2D eigenvalue weighted by Crippen LogP contribution is -2.49. The number of piperazine rings is 1. The number of carbonyl (C=O) groups excluding carboxylic acids is 1. The van der Waals surface area contributed by atoms with Crippen molar-refractivity contribution in [3.05, 3.63) is 29.0 Å². The fourth-order valence-electron chi connectivity index (χ4n) is 3.83. The number of fused-ring (bicyclic) bond motifs is 1. The Hall–Kier alpha value is -1.92. The van der Waals surface area contributed by atoms with E-state index in [4.69, 9.17) is 16.6 Å². The maximum atomic E-state index is 12.8. The van der Waals surface area contributed by atoms with Crippen LogP contribution in [0.5, 0.6) is 0 Å². The van der Waals surface area contributed by atoms with Gasteiger partial charge in [0, 0.05) is 62.5 Å². The molecule has 1 aliphatic heterocycles. The van der Waals surface area contributed by atoms with Crippen molar-refractivity contribution in [3.8, 4) is 0 Å². The molecule has 158 valence electrons. The topological polar surface area (TPSA) is 52.6 Å². The molecule has 1 amide bonds. The molecule has 1 aliphatic rings. The molecule has 0 spiro atoms. The molecule has 3 rings (SSSR count). The summed E-state index contributed by atoms with van der Waals surface area (Å²) in [4.78, 5) is 28.9. The van der Waals surface area contributed by atoms with E-state index in [1.807, 2.05) is 23.1 Å².